The van der Waals surface area contributed by atoms with Crippen molar-refractivity contribution in [2.45, 2.75) is 13.5 Å². The lowest BCUT2D eigenvalue weighted by atomic mass is 10.1. The molecule has 1 amide bonds. The molecule has 2 heterocycles. The Bertz CT molecular complexity index is 1010. The van der Waals surface area contributed by atoms with E-state index in [-0.39, 0.29) is 5.91 Å². The highest BCUT2D eigenvalue weighted by atomic mass is 35.5. The van der Waals surface area contributed by atoms with Gasteiger partial charge >= 0.3 is 0 Å². The fourth-order valence-corrected chi connectivity index (χ4v) is 3.70. The zero-order valence-electron chi connectivity index (χ0n) is 15.9. The van der Waals surface area contributed by atoms with Gasteiger partial charge in [0.05, 0.1) is 22.8 Å². The summed E-state index contributed by atoms with van der Waals surface area (Å²) in [5.41, 5.74) is 2.56. The van der Waals surface area contributed by atoms with E-state index in [1.165, 1.54) is 5.56 Å². The van der Waals surface area contributed by atoms with Crippen molar-refractivity contribution in [2.24, 2.45) is 0 Å². The van der Waals surface area contributed by atoms with Gasteiger partial charge in [0, 0.05) is 31.2 Å². The molecule has 0 saturated carbocycles. The standard InChI is InChI=1S/C20H20Cl2N6O/c1-14-2-5-16(6-3-14)28-19(23-24-25-28)13-26-8-10-27(11-9-26)20(29)17-12-15(21)4-7-18(17)22/h2-7,12H,8-11,13H2,1H3. The summed E-state index contributed by atoms with van der Waals surface area (Å²) in [6, 6.07) is 13.0. The average molecular weight is 431 g/mol. The van der Waals surface area contributed by atoms with E-state index < -0.39 is 0 Å². The second-order valence-electron chi connectivity index (χ2n) is 7.03. The van der Waals surface area contributed by atoms with E-state index in [4.69, 9.17) is 23.2 Å². The van der Waals surface area contributed by atoms with E-state index in [0.717, 1.165) is 24.6 Å². The van der Waals surface area contributed by atoms with Crippen LogP contribution in [0.2, 0.25) is 10.0 Å². The molecule has 1 saturated heterocycles. The quantitative estimate of drug-likeness (QED) is 0.635. The molecule has 7 nitrogen and oxygen atoms in total. The third kappa shape index (κ3) is 4.42. The van der Waals surface area contributed by atoms with E-state index >= 15 is 0 Å². The number of hydrogen-bond donors (Lipinski definition) is 0. The van der Waals surface area contributed by atoms with E-state index in [9.17, 15) is 4.79 Å². The Morgan fingerprint density at radius 2 is 1.76 bits per heavy atom. The predicted molar refractivity (Wildman–Crippen MR) is 112 cm³/mol. The summed E-state index contributed by atoms with van der Waals surface area (Å²) in [5.74, 6) is 0.674. The van der Waals surface area contributed by atoms with Crippen LogP contribution in [0.25, 0.3) is 5.69 Å². The molecule has 150 valence electrons. The fraction of sp³-hybridized carbons (Fsp3) is 0.300. The zero-order chi connectivity index (χ0) is 20.4. The van der Waals surface area contributed by atoms with Gasteiger partial charge < -0.3 is 4.90 Å². The zero-order valence-corrected chi connectivity index (χ0v) is 17.4. The molecule has 1 aromatic heterocycles. The Kier molecular flexibility index (Phi) is 5.80. The number of halogens is 2. The van der Waals surface area contributed by atoms with Gasteiger partial charge in [-0.2, -0.15) is 4.68 Å². The number of carbonyl (C=O) groups is 1. The molecule has 0 atom stereocenters. The van der Waals surface area contributed by atoms with E-state index in [1.54, 1.807) is 27.8 Å². The van der Waals surface area contributed by atoms with Gasteiger partial charge in [0.1, 0.15) is 0 Å². The second kappa shape index (κ2) is 8.49. The van der Waals surface area contributed by atoms with Gasteiger partial charge in [-0.15, -0.1) is 5.10 Å². The molecule has 1 aliphatic heterocycles. The second-order valence-corrected chi connectivity index (χ2v) is 7.88. The number of piperazine rings is 1. The van der Waals surface area contributed by atoms with Crippen molar-refractivity contribution in [3.05, 3.63) is 69.5 Å². The van der Waals surface area contributed by atoms with Crippen LogP contribution in [-0.4, -0.2) is 62.1 Å². The third-order valence-corrected chi connectivity index (χ3v) is 5.56. The lowest BCUT2D eigenvalue weighted by molar-refractivity contribution is 0.0624. The van der Waals surface area contributed by atoms with E-state index in [2.05, 4.69) is 20.4 Å². The number of aryl methyl sites for hydroxylation is 1. The number of benzene rings is 2. The Hall–Kier alpha value is -2.48. The van der Waals surface area contributed by atoms with Crippen LogP contribution in [0.15, 0.2) is 42.5 Å². The highest BCUT2D eigenvalue weighted by Crippen LogP contribution is 2.23. The molecule has 2 aromatic carbocycles. The SMILES string of the molecule is Cc1ccc(-n2nnnc2CN2CCN(C(=O)c3cc(Cl)ccc3Cl)CC2)cc1. The molecular formula is C20H20Cl2N6O. The number of carbonyl (C=O) groups excluding carboxylic acids is 1. The number of hydrogen-bond acceptors (Lipinski definition) is 5. The van der Waals surface area contributed by atoms with Crippen molar-refractivity contribution >= 4 is 29.1 Å². The van der Waals surface area contributed by atoms with Crippen molar-refractivity contribution < 1.29 is 4.79 Å². The van der Waals surface area contributed by atoms with Crippen LogP contribution in [0.1, 0.15) is 21.7 Å². The largest absolute Gasteiger partial charge is 0.336 e. The summed E-state index contributed by atoms with van der Waals surface area (Å²) in [5, 5.41) is 13.0. The maximum Gasteiger partial charge on any atom is 0.255 e. The van der Waals surface area contributed by atoms with Crippen molar-refractivity contribution in [3.63, 3.8) is 0 Å². The highest BCUT2D eigenvalue weighted by molar-refractivity contribution is 6.35. The molecule has 4 rings (SSSR count). The summed E-state index contributed by atoms with van der Waals surface area (Å²) in [7, 11) is 0. The van der Waals surface area contributed by atoms with Crippen LogP contribution in [0.3, 0.4) is 0 Å². The van der Waals surface area contributed by atoms with Crippen LogP contribution < -0.4 is 0 Å². The summed E-state index contributed by atoms with van der Waals surface area (Å²) in [6.45, 7) is 5.32. The van der Waals surface area contributed by atoms with Crippen LogP contribution in [0.4, 0.5) is 0 Å². The van der Waals surface area contributed by atoms with Crippen LogP contribution in [0.5, 0.6) is 0 Å². The van der Waals surface area contributed by atoms with Crippen LogP contribution in [0, 0.1) is 6.92 Å². The molecule has 0 spiro atoms. The first kappa shape index (κ1) is 19.8. The molecule has 0 unspecified atom stereocenters. The lowest BCUT2D eigenvalue weighted by Crippen LogP contribution is -2.48. The van der Waals surface area contributed by atoms with Gasteiger partial charge in [-0.05, 0) is 47.7 Å². The van der Waals surface area contributed by atoms with Crippen LogP contribution in [-0.2, 0) is 6.54 Å². The van der Waals surface area contributed by atoms with Gasteiger partial charge in [0.25, 0.3) is 5.91 Å². The molecule has 9 heteroatoms. The molecule has 1 aliphatic rings. The van der Waals surface area contributed by atoms with Crippen molar-refractivity contribution in [1.29, 1.82) is 0 Å². The maximum atomic E-state index is 12.8. The number of aromatic nitrogens is 4. The topological polar surface area (TPSA) is 67.2 Å². The summed E-state index contributed by atoms with van der Waals surface area (Å²) in [6.07, 6.45) is 0. The maximum absolute atomic E-state index is 12.8. The van der Waals surface area contributed by atoms with Gasteiger partial charge in [-0.1, -0.05) is 40.9 Å². The third-order valence-electron chi connectivity index (χ3n) is 5.00. The lowest BCUT2D eigenvalue weighted by Gasteiger charge is -2.34. The number of rotatable bonds is 4. The Balaban J connectivity index is 1.40. The van der Waals surface area contributed by atoms with Crippen molar-refractivity contribution in [3.8, 4) is 5.69 Å². The molecule has 0 aliphatic carbocycles. The van der Waals surface area contributed by atoms with Crippen molar-refractivity contribution in [1.82, 2.24) is 30.0 Å². The molecule has 3 aromatic rings. The molecular weight excluding hydrogens is 411 g/mol. The minimum absolute atomic E-state index is 0.0957. The highest BCUT2D eigenvalue weighted by Gasteiger charge is 2.25. The monoisotopic (exact) mass is 430 g/mol. The molecule has 29 heavy (non-hydrogen) atoms. The molecule has 1 fully saturated rings. The van der Waals surface area contributed by atoms with E-state index in [1.807, 2.05) is 31.2 Å². The van der Waals surface area contributed by atoms with Gasteiger partial charge in [-0.25, -0.2) is 0 Å². The Labute approximate surface area is 178 Å². The Morgan fingerprint density at radius 1 is 1.03 bits per heavy atom. The van der Waals surface area contributed by atoms with Crippen molar-refractivity contribution in [2.75, 3.05) is 26.2 Å². The first-order valence-corrected chi connectivity index (χ1v) is 10.1. The first-order chi connectivity index (χ1) is 14.0. The number of nitrogens with zero attached hydrogens (tertiary/aromatic N) is 6. The number of amides is 1. The van der Waals surface area contributed by atoms with Crippen LogP contribution >= 0.6 is 23.2 Å². The fourth-order valence-electron chi connectivity index (χ4n) is 3.33. The molecule has 0 radical (unpaired) electrons. The minimum Gasteiger partial charge on any atom is -0.336 e. The minimum atomic E-state index is -0.0957. The summed E-state index contributed by atoms with van der Waals surface area (Å²) in [4.78, 5) is 16.8. The van der Waals surface area contributed by atoms with Gasteiger partial charge in [0.2, 0.25) is 0 Å². The summed E-state index contributed by atoms with van der Waals surface area (Å²) < 4.78 is 1.75. The molecule has 0 bridgehead atoms. The van der Waals surface area contributed by atoms with Gasteiger partial charge in [0.15, 0.2) is 5.82 Å². The average Bonchev–Trinajstić information content (AvgIpc) is 3.18. The first-order valence-electron chi connectivity index (χ1n) is 9.32. The van der Waals surface area contributed by atoms with E-state index in [0.29, 0.717) is 35.2 Å². The number of tetrazole rings is 1. The smallest absolute Gasteiger partial charge is 0.255 e. The predicted octanol–water partition coefficient (Wildman–Crippen LogP) is 3.24. The summed E-state index contributed by atoms with van der Waals surface area (Å²) >= 11 is 12.2. The van der Waals surface area contributed by atoms with Gasteiger partial charge in [-0.3, -0.25) is 9.69 Å². The molecule has 0 N–H and O–H groups in total. The Morgan fingerprint density at radius 3 is 2.48 bits per heavy atom. The normalized spacial score (nSPS) is 14.9.